The Kier molecular flexibility index (Phi) is 21.9. The van der Waals surface area contributed by atoms with Crippen molar-refractivity contribution in [3.05, 3.63) is 94.8 Å². The number of carboxylic acids is 2. The molecule has 4 atom stereocenters. The van der Waals surface area contributed by atoms with Gasteiger partial charge in [0, 0.05) is 74.0 Å². The molecule has 0 aliphatic carbocycles. The molecule has 2 aromatic heterocycles. The molecule has 0 radical (unpaired) electrons. The zero-order chi connectivity index (χ0) is 49.8. The van der Waals surface area contributed by atoms with E-state index in [0.29, 0.717) is 45.0 Å². The van der Waals surface area contributed by atoms with Gasteiger partial charge in [0.25, 0.3) is 0 Å². The zero-order valence-corrected chi connectivity index (χ0v) is 42.8. The van der Waals surface area contributed by atoms with Crippen molar-refractivity contribution in [2.45, 2.75) is 89.6 Å². The number of anilines is 2. The summed E-state index contributed by atoms with van der Waals surface area (Å²) in [7, 11) is -4.67. The summed E-state index contributed by atoms with van der Waals surface area (Å²) in [4.78, 5) is 38.9. The normalized spacial score (nSPS) is 13.7. The van der Waals surface area contributed by atoms with Crippen LogP contribution in [0.15, 0.2) is 60.7 Å². The Morgan fingerprint density at radius 3 is 1.16 bits per heavy atom. The van der Waals surface area contributed by atoms with Gasteiger partial charge in [-0.05, 0) is 60.4 Å². The third-order valence-corrected chi connectivity index (χ3v) is 11.9. The number of carbonyl (C=O) groups excluding carboxylic acids is 2. The second kappa shape index (κ2) is 25.3. The Morgan fingerprint density at radius 2 is 0.910 bits per heavy atom. The number of rotatable bonds is 20. The number of benzene rings is 2. The van der Waals surface area contributed by atoms with E-state index in [1.54, 1.807) is 0 Å². The molecular weight excluding hydrogens is 972 g/mol. The number of aliphatic carboxylic acids is 2. The summed E-state index contributed by atoms with van der Waals surface area (Å²) < 4.78 is 77.1. The first kappa shape index (κ1) is 58.0. The summed E-state index contributed by atoms with van der Waals surface area (Å²) in [6.45, 7) is 7.38. The zero-order valence-electron chi connectivity index (χ0n) is 38.2. The first-order chi connectivity index (χ1) is 30.6. The smallest absolute Gasteiger partial charge is 0.550 e. The number of aliphatic hydroxyl groups excluding tert-OH is 4. The van der Waals surface area contributed by atoms with Gasteiger partial charge in [-0.15, -0.1) is 0 Å². The third kappa shape index (κ3) is 17.8. The largest absolute Gasteiger partial charge is 2.00 e. The second-order valence-electron chi connectivity index (χ2n) is 15.9. The first-order valence-corrected chi connectivity index (χ1v) is 24.0. The van der Waals surface area contributed by atoms with Gasteiger partial charge in [-0.3, -0.25) is 0 Å². The van der Waals surface area contributed by atoms with Crippen molar-refractivity contribution in [2.24, 2.45) is 0 Å². The molecule has 18 nitrogen and oxygen atoms in total. The topological polar surface area (TPSA) is 287 Å². The number of hydrogen-bond acceptors (Lipinski definition) is 16. The van der Waals surface area contributed by atoms with Gasteiger partial charge in [-0.25, -0.2) is 54.2 Å². The van der Waals surface area contributed by atoms with E-state index in [9.17, 15) is 65.8 Å². The quantitative estimate of drug-likeness (QED) is 0.0923. The van der Waals surface area contributed by atoms with E-state index in [2.05, 4.69) is 19.9 Å². The van der Waals surface area contributed by atoms with Gasteiger partial charge >= 0.3 is 19.5 Å². The average Bonchev–Trinajstić information content (AvgIpc) is 3.20. The number of halogens is 2. The maximum absolute atomic E-state index is 13.5. The fourth-order valence-electron chi connectivity index (χ4n) is 6.07. The molecule has 0 saturated heterocycles. The van der Waals surface area contributed by atoms with E-state index in [1.165, 1.54) is 86.9 Å². The number of aliphatic hydroxyl groups is 4. The molecule has 4 aromatic rings. The van der Waals surface area contributed by atoms with Crippen LogP contribution in [0.25, 0.3) is 34.7 Å². The van der Waals surface area contributed by atoms with E-state index in [1.807, 2.05) is 27.7 Å². The van der Waals surface area contributed by atoms with Crippen molar-refractivity contribution in [1.82, 2.24) is 19.9 Å². The SMILES string of the molecule is CC(C)c1nc(N(C)S(C)(=O)=O)nc(-c2ccc(F)cc2)c1/C=C/[C@H](O)C[C@@H](O)CC(=O)[O-].CC(C)c1nc(N(C)S(C)(=O)=O)nc(-c2ccc(F)cc2)c1/C=C/[C@H](O)C[C@@H](O)CC(=O)[O-].[Zn+2]. The second-order valence-corrected chi connectivity index (χ2v) is 19.9. The van der Waals surface area contributed by atoms with Crippen molar-refractivity contribution in [2.75, 3.05) is 35.2 Å². The standard InChI is InChI=1S/2C22H28FN3O6S.Zn/c2*1-13(2)20-18(10-9-16(27)11-17(28)12-19(29)30)21(14-5-7-15(23)8-6-14)25-22(24-20)26(3)33(4,31)32;/h2*5-10,13,16-17,27-28H,11-12H2,1-4H3,(H,29,30);/q;;+2/p-2/b2*10-9+;/t2*16-,17+;/m00./s1. The van der Waals surface area contributed by atoms with Gasteiger partial charge < -0.3 is 40.2 Å². The molecule has 2 heterocycles. The van der Waals surface area contributed by atoms with Gasteiger partial charge in [0.05, 0.1) is 59.7 Å². The molecule has 67 heavy (non-hydrogen) atoms. The Morgan fingerprint density at radius 1 is 0.612 bits per heavy atom. The molecule has 4 N–H and O–H groups in total. The van der Waals surface area contributed by atoms with E-state index in [4.69, 9.17) is 0 Å². The predicted octanol–water partition coefficient (Wildman–Crippen LogP) is 2.13. The van der Waals surface area contributed by atoms with E-state index >= 15 is 0 Å². The molecule has 4 rings (SSSR count). The minimum absolute atomic E-state index is 0. The van der Waals surface area contributed by atoms with Crippen molar-refractivity contribution in [3.8, 4) is 22.5 Å². The molecule has 0 amide bonds. The molecular formula is C44H54F2N6O12S2Zn. The van der Waals surface area contributed by atoms with Crippen LogP contribution in [-0.2, 0) is 49.1 Å². The number of carboxylic acid groups (broad SMARTS) is 2. The Hall–Kier alpha value is -5.16. The van der Waals surface area contributed by atoms with Crippen LogP contribution >= 0.6 is 0 Å². The molecule has 0 unspecified atom stereocenters. The Labute approximate surface area is 401 Å². The molecule has 0 aliphatic rings. The molecule has 2 aromatic carbocycles. The summed E-state index contributed by atoms with van der Waals surface area (Å²) in [5.41, 5.74) is 3.52. The van der Waals surface area contributed by atoms with Crippen LogP contribution in [0.3, 0.4) is 0 Å². The number of sulfonamides is 2. The van der Waals surface area contributed by atoms with Gasteiger partial charge in [0.1, 0.15) is 11.6 Å². The minimum Gasteiger partial charge on any atom is -0.550 e. The number of nitrogens with zero attached hydrogens (tertiary/aromatic N) is 6. The Bertz CT molecular complexity index is 2430. The van der Waals surface area contributed by atoms with Crippen molar-refractivity contribution < 1.29 is 85.3 Å². The summed E-state index contributed by atoms with van der Waals surface area (Å²) in [5.74, 6) is -4.28. The van der Waals surface area contributed by atoms with Crippen LogP contribution < -0.4 is 18.8 Å². The number of carbonyl (C=O) groups is 2. The van der Waals surface area contributed by atoms with Crippen LogP contribution in [0.4, 0.5) is 20.7 Å². The van der Waals surface area contributed by atoms with Crippen LogP contribution in [0.2, 0.25) is 0 Å². The molecule has 0 bridgehead atoms. The fraction of sp³-hybridized carbons (Fsp3) is 0.409. The number of aromatic nitrogens is 4. The summed E-state index contributed by atoms with van der Waals surface area (Å²) in [5, 5.41) is 61.1. The number of hydrogen-bond donors (Lipinski definition) is 4. The third-order valence-electron chi connectivity index (χ3n) is 9.62. The summed E-state index contributed by atoms with van der Waals surface area (Å²) in [6.07, 6.45) is 1.16. The molecule has 0 aliphatic heterocycles. The van der Waals surface area contributed by atoms with Gasteiger partial charge in [-0.1, -0.05) is 52.0 Å². The van der Waals surface area contributed by atoms with E-state index in [0.717, 1.165) is 21.1 Å². The van der Waals surface area contributed by atoms with Crippen molar-refractivity contribution in [3.63, 3.8) is 0 Å². The van der Waals surface area contributed by atoms with Gasteiger partial charge in [0.15, 0.2) is 0 Å². The van der Waals surface area contributed by atoms with E-state index < -0.39 is 80.9 Å². The Balaban J connectivity index is 0.000000453. The van der Waals surface area contributed by atoms with Crippen LogP contribution in [0.1, 0.15) is 87.7 Å². The summed E-state index contributed by atoms with van der Waals surface area (Å²) >= 11 is 0. The molecule has 360 valence electrons. The summed E-state index contributed by atoms with van der Waals surface area (Å²) in [6, 6.07) is 10.9. The average molecular weight is 1030 g/mol. The van der Waals surface area contributed by atoms with Crippen molar-refractivity contribution >= 4 is 56.0 Å². The molecule has 0 spiro atoms. The maximum atomic E-state index is 13.5. The monoisotopic (exact) mass is 1020 g/mol. The van der Waals surface area contributed by atoms with Gasteiger partial charge in [-0.2, -0.15) is 0 Å². The first-order valence-electron chi connectivity index (χ1n) is 20.3. The maximum Gasteiger partial charge on any atom is 2.00 e. The van der Waals surface area contributed by atoms with Crippen LogP contribution in [0.5, 0.6) is 0 Å². The van der Waals surface area contributed by atoms with Crippen molar-refractivity contribution in [1.29, 1.82) is 0 Å². The fourth-order valence-corrected chi connectivity index (χ4v) is 6.83. The van der Waals surface area contributed by atoms with Crippen LogP contribution in [-0.4, -0.2) is 120 Å². The van der Waals surface area contributed by atoms with Gasteiger partial charge in [0.2, 0.25) is 31.9 Å². The minimum atomic E-state index is -3.66. The van der Waals surface area contributed by atoms with Crippen LogP contribution in [0, 0.1) is 11.6 Å². The predicted molar refractivity (Wildman–Crippen MR) is 240 cm³/mol. The molecule has 23 heteroatoms. The molecule has 0 saturated carbocycles. The molecule has 0 fully saturated rings. The van der Waals surface area contributed by atoms with E-state index in [-0.39, 0.29) is 56.1 Å².